The molecule has 2 aromatic heterocycles. The predicted octanol–water partition coefficient (Wildman–Crippen LogP) is 0.905. The molecule has 0 unspecified atom stereocenters. The standard InChI is InChI=1S/C8H12N4O3.C8H14N4O/c1-4(2)3-5-7(12(14)15)6(8(9)13)11-10-5;1-4(2)3-5-6(9)7(8(10)13)12-11-5/h4H,3H2,1-2H3,(H2,9,13)(H,10,11);4H,3,9H2,1-2H3,(H2,10,13)(H,11,12). The molecule has 2 rings (SSSR count). The number of hydrogen-bond acceptors (Lipinski definition) is 7. The van der Waals surface area contributed by atoms with Gasteiger partial charge in [0.05, 0.1) is 16.3 Å². The minimum atomic E-state index is -0.895. The van der Waals surface area contributed by atoms with Crippen molar-refractivity contribution in [2.45, 2.75) is 40.5 Å². The van der Waals surface area contributed by atoms with Gasteiger partial charge in [-0.1, -0.05) is 27.7 Å². The van der Waals surface area contributed by atoms with Crippen LogP contribution in [-0.4, -0.2) is 37.1 Å². The number of nitro groups is 1. The number of nitrogens with zero attached hydrogens (tertiary/aromatic N) is 3. The first-order valence-corrected chi connectivity index (χ1v) is 8.59. The first-order chi connectivity index (χ1) is 13.0. The SMILES string of the molecule is CC(C)Cc1[nH]nc(C(N)=O)c1N.CC(C)Cc1[nH]nc(C(N)=O)c1[N+](=O)[O-]. The third kappa shape index (κ3) is 5.79. The highest BCUT2D eigenvalue weighted by Gasteiger charge is 2.27. The first kappa shape index (κ1) is 22.6. The zero-order chi connectivity index (χ0) is 21.6. The summed E-state index contributed by atoms with van der Waals surface area (Å²) in [5.41, 5.74) is 16.7. The smallest absolute Gasteiger partial charge is 0.322 e. The molecule has 0 fully saturated rings. The van der Waals surface area contributed by atoms with Gasteiger partial charge in [-0.2, -0.15) is 10.2 Å². The lowest BCUT2D eigenvalue weighted by atomic mass is 10.1. The topological polar surface area (TPSA) is 213 Å². The number of hydrogen-bond donors (Lipinski definition) is 5. The highest BCUT2D eigenvalue weighted by atomic mass is 16.6. The molecule has 0 aliphatic rings. The van der Waals surface area contributed by atoms with Gasteiger partial charge in [0, 0.05) is 0 Å². The van der Waals surface area contributed by atoms with Crippen molar-refractivity contribution < 1.29 is 14.5 Å². The van der Waals surface area contributed by atoms with Crippen molar-refractivity contribution >= 4 is 23.2 Å². The zero-order valence-electron chi connectivity index (χ0n) is 16.3. The number of primary amides is 2. The molecule has 154 valence electrons. The van der Waals surface area contributed by atoms with E-state index in [0.717, 1.165) is 12.1 Å². The number of H-pyrrole nitrogens is 2. The van der Waals surface area contributed by atoms with Crippen molar-refractivity contribution in [1.29, 1.82) is 0 Å². The van der Waals surface area contributed by atoms with Crippen LogP contribution in [0.1, 0.15) is 60.1 Å². The Morgan fingerprint density at radius 1 is 0.964 bits per heavy atom. The summed E-state index contributed by atoms with van der Waals surface area (Å²) in [6.45, 7) is 7.94. The molecule has 0 bridgehead atoms. The van der Waals surface area contributed by atoms with Crippen LogP contribution in [0, 0.1) is 22.0 Å². The van der Waals surface area contributed by atoms with E-state index in [1.807, 2.05) is 13.8 Å². The van der Waals surface area contributed by atoms with E-state index < -0.39 is 16.7 Å². The molecular formula is C16H26N8O4. The second kappa shape index (κ2) is 9.48. The zero-order valence-corrected chi connectivity index (χ0v) is 16.3. The Labute approximate surface area is 161 Å². The predicted molar refractivity (Wildman–Crippen MR) is 102 cm³/mol. The molecule has 2 heterocycles. The fraction of sp³-hybridized carbons (Fsp3) is 0.500. The van der Waals surface area contributed by atoms with Gasteiger partial charge in [0.2, 0.25) is 5.69 Å². The van der Waals surface area contributed by atoms with Crippen molar-refractivity contribution in [1.82, 2.24) is 20.4 Å². The van der Waals surface area contributed by atoms with Gasteiger partial charge >= 0.3 is 5.69 Å². The van der Waals surface area contributed by atoms with Crippen molar-refractivity contribution in [2.24, 2.45) is 23.3 Å². The van der Waals surface area contributed by atoms with E-state index in [0.29, 0.717) is 23.7 Å². The fourth-order valence-electron chi connectivity index (χ4n) is 2.43. The van der Waals surface area contributed by atoms with E-state index in [1.54, 1.807) is 0 Å². The van der Waals surface area contributed by atoms with Crippen LogP contribution in [0.5, 0.6) is 0 Å². The monoisotopic (exact) mass is 394 g/mol. The maximum atomic E-state index is 10.9. The van der Waals surface area contributed by atoms with E-state index in [1.165, 1.54) is 0 Å². The third-order valence-electron chi connectivity index (χ3n) is 3.57. The van der Waals surface area contributed by atoms with E-state index >= 15 is 0 Å². The molecule has 0 saturated carbocycles. The lowest BCUT2D eigenvalue weighted by Gasteiger charge is -2.01. The number of anilines is 1. The molecule has 0 radical (unpaired) electrons. The Morgan fingerprint density at radius 2 is 1.39 bits per heavy atom. The summed E-state index contributed by atoms with van der Waals surface area (Å²) in [6.07, 6.45) is 1.22. The first-order valence-electron chi connectivity index (χ1n) is 8.59. The summed E-state index contributed by atoms with van der Waals surface area (Å²) in [5.74, 6) is -0.801. The van der Waals surface area contributed by atoms with Gasteiger partial charge in [-0.05, 0) is 24.7 Å². The van der Waals surface area contributed by atoms with Gasteiger partial charge < -0.3 is 17.2 Å². The van der Waals surface area contributed by atoms with E-state index in [2.05, 4.69) is 34.2 Å². The van der Waals surface area contributed by atoms with Crippen molar-refractivity contribution in [3.8, 4) is 0 Å². The summed E-state index contributed by atoms with van der Waals surface area (Å²) in [4.78, 5) is 31.7. The average molecular weight is 394 g/mol. The molecule has 0 atom stereocenters. The van der Waals surface area contributed by atoms with Crippen molar-refractivity contribution in [3.63, 3.8) is 0 Å². The Bertz CT molecular complexity index is 853. The number of nitrogens with one attached hydrogen (secondary N) is 2. The highest BCUT2D eigenvalue weighted by molar-refractivity contribution is 5.96. The summed E-state index contributed by atoms with van der Waals surface area (Å²) in [5, 5.41) is 23.2. The number of aromatic amines is 2. The van der Waals surface area contributed by atoms with Crippen LogP contribution in [0.3, 0.4) is 0 Å². The van der Waals surface area contributed by atoms with Gasteiger partial charge in [0.15, 0.2) is 5.69 Å². The minimum absolute atomic E-state index is 0.135. The van der Waals surface area contributed by atoms with Gasteiger partial charge in [0.25, 0.3) is 11.8 Å². The largest absolute Gasteiger partial charge is 0.395 e. The van der Waals surface area contributed by atoms with Crippen molar-refractivity contribution in [2.75, 3.05) is 5.73 Å². The van der Waals surface area contributed by atoms with Crippen LogP contribution in [0.4, 0.5) is 11.4 Å². The summed E-state index contributed by atoms with van der Waals surface area (Å²) < 4.78 is 0. The molecule has 0 aliphatic heterocycles. The third-order valence-corrected chi connectivity index (χ3v) is 3.57. The molecule has 2 aromatic rings. The Kier molecular flexibility index (Phi) is 7.65. The molecule has 0 saturated heterocycles. The lowest BCUT2D eigenvalue weighted by Crippen LogP contribution is -2.13. The molecule has 12 nitrogen and oxygen atoms in total. The van der Waals surface area contributed by atoms with E-state index in [9.17, 15) is 19.7 Å². The Morgan fingerprint density at radius 3 is 1.79 bits per heavy atom. The van der Waals surface area contributed by atoms with E-state index in [4.69, 9.17) is 17.2 Å². The molecule has 2 amide bonds. The summed E-state index contributed by atoms with van der Waals surface area (Å²) in [7, 11) is 0. The number of rotatable bonds is 7. The number of carbonyl (C=O) groups is 2. The van der Waals surface area contributed by atoms with Crippen molar-refractivity contribution in [3.05, 3.63) is 32.9 Å². The molecule has 0 aliphatic carbocycles. The minimum Gasteiger partial charge on any atom is -0.395 e. The summed E-state index contributed by atoms with van der Waals surface area (Å²) >= 11 is 0. The van der Waals surface area contributed by atoms with Crippen LogP contribution in [-0.2, 0) is 12.8 Å². The van der Waals surface area contributed by atoms with Crippen LogP contribution >= 0.6 is 0 Å². The van der Waals surface area contributed by atoms with Gasteiger partial charge in [-0.15, -0.1) is 0 Å². The second-order valence-electron chi connectivity index (χ2n) is 7.05. The van der Waals surface area contributed by atoms with Crippen LogP contribution < -0.4 is 17.2 Å². The molecule has 12 heteroatoms. The van der Waals surface area contributed by atoms with E-state index in [-0.39, 0.29) is 23.0 Å². The quantitative estimate of drug-likeness (QED) is 0.337. The fourth-order valence-corrected chi connectivity index (χ4v) is 2.43. The Balaban J connectivity index is 0.000000283. The van der Waals surface area contributed by atoms with Crippen LogP contribution in [0.2, 0.25) is 0 Å². The summed E-state index contributed by atoms with van der Waals surface area (Å²) in [6, 6.07) is 0. The lowest BCUT2D eigenvalue weighted by molar-refractivity contribution is -0.385. The van der Waals surface area contributed by atoms with Crippen LogP contribution in [0.25, 0.3) is 0 Å². The Hall–Kier alpha value is -3.44. The number of amides is 2. The number of nitrogens with two attached hydrogens (primary N) is 3. The molecular weight excluding hydrogens is 368 g/mol. The number of carbonyl (C=O) groups excluding carboxylic acids is 2. The highest BCUT2D eigenvalue weighted by Crippen LogP contribution is 2.23. The van der Waals surface area contributed by atoms with Crippen LogP contribution in [0.15, 0.2) is 0 Å². The normalized spacial score (nSPS) is 10.6. The molecule has 28 heavy (non-hydrogen) atoms. The number of aromatic nitrogens is 4. The average Bonchev–Trinajstić information content (AvgIpc) is 3.11. The maximum absolute atomic E-state index is 10.9. The van der Waals surface area contributed by atoms with Gasteiger partial charge in [-0.25, -0.2) is 0 Å². The molecule has 0 spiro atoms. The van der Waals surface area contributed by atoms with Gasteiger partial charge in [-0.3, -0.25) is 29.9 Å². The maximum Gasteiger partial charge on any atom is 0.322 e. The van der Waals surface area contributed by atoms with Gasteiger partial charge in [0.1, 0.15) is 5.69 Å². The molecule has 0 aromatic carbocycles. The number of nitrogen functional groups attached to an aromatic ring is 1. The second-order valence-corrected chi connectivity index (χ2v) is 7.05. The molecule has 8 N–H and O–H groups in total.